The zero-order valence-corrected chi connectivity index (χ0v) is 10.7. The van der Waals surface area contributed by atoms with Crippen LogP contribution in [0.25, 0.3) is 16.6 Å². The summed E-state index contributed by atoms with van der Waals surface area (Å²) in [6.07, 6.45) is 13.0. The van der Waals surface area contributed by atoms with Crippen molar-refractivity contribution in [1.82, 2.24) is 10.3 Å². The van der Waals surface area contributed by atoms with Gasteiger partial charge in [-0.25, -0.2) is 0 Å². The van der Waals surface area contributed by atoms with Crippen LogP contribution in [-0.4, -0.2) is 11.5 Å². The van der Waals surface area contributed by atoms with Crippen molar-refractivity contribution in [2.45, 2.75) is 6.42 Å². The van der Waals surface area contributed by atoms with Crippen molar-refractivity contribution in [3.63, 3.8) is 0 Å². The highest BCUT2D eigenvalue weighted by molar-refractivity contribution is 5.93. The number of rotatable bonds is 3. The number of allylic oxidation sites excluding steroid dienone is 4. The number of fused-ring (bicyclic) bond motifs is 1. The van der Waals surface area contributed by atoms with E-state index in [1.807, 2.05) is 24.4 Å². The predicted octanol–water partition coefficient (Wildman–Crippen LogP) is 2.68. The van der Waals surface area contributed by atoms with Crippen molar-refractivity contribution >= 4 is 16.6 Å². The fourth-order valence-electron chi connectivity index (χ4n) is 2.42. The lowest BCUT2D eigenvalue weighted by atomic mass is 10.0. The first kappa shape index (κ1) is 11.8. The minimum absolute atomic E-state index is 0.670. The first-order valence-corrected chi connectivity index (χ1v) is 6.49. The number of aromatic nitrogens is 1. The molecule has 1 aliphatic rings. The van der Waals surface area contributed by atoms with Crippen LogP contribution in [0.2, 0.25) is 0 Å². The van der Waals surface area contributed by atoms with Gasteiger partial charge in [0.1, 0.15) is 0 Å². The van der Waals surface area contributed by atoms with Crippen LogP contribution in [0.4, 0.5) is 0 Å². The molecule has 1 aliphatic heterocycles. The summed E-state index contributed by atoms with van der Waals surface area (Å²) in [5.74, 6) is 0. The lowest BCUT2D eigenvalue weighted by Gasteiger charge is -2.08. The number of aromatic amines is 1. The Morgan fingerprint density at radius 3 is 2.95 bits per heavy atom. The minimum atomic E-state index is 0.670. The molecule has 0 radical (unpaired) electrons. The van der Waals surface area contributed by atoms with Gasteiger partial charge in [0.2, 0.25) is 0 Å². The fourth-order valence-corrected chi connectivity index (χ4v) is 2.42. The van der Waals surface area contributed by atoms with E-state index in [2.05, 4.69) is 40.8 Å². The van der Waals surface area contributed by atoms with E-state index in [9.17, 15) is 0 Å². The molecule has 0 fully saturated rings. The Morgan fingerprint density at radius 2 is 2.05 bits per heavy atom. The van der Waals surface area contributed by atoms with Crippen LogP contribution in [0, 0.1) is 0 Å². The van der Waals surface area contributed by atoms with E-state index in [0.29, 0.717) is 6.54 Å². The lowest BCUT2D eigenvalue weighted by molar-refractivity contribution is 0.976. The maximum atomic E-state index is 5.66. The molecule has 0 spiro atoms. The molecule has 3 heteroatoms. The van der Waals surface area contributed by atoms with E-state index in [0.717, 1.165) is 17.6 Å². The quantitative estimate of drug-likeness (QED) is 0.785. The summed E-state index contributed by atoms with van der Waals surface area (Å²) in [6.45, 7) is 0.670. The Hall–Kier alpha value is -2.26. The molecular formula is C16H17N3. The number of H-pyrrole nitrogens is 1. The van der Waals surface area contributed by atoms with Gasteiger partial charge in [-0.2, -0.15) is 0 Å². The minimum Gasteiger partial charge on any atom is -0.361 e. The Kier molecular flexibility index (Phi) is 3.21. The van der Waals surface area contributed by atoms with Gasteiger partial charge in [-0.1, -0.05) is 30.4 Å². The zero-order chi connectivity index (χ0) is 13.1. The summed E-state index contributed by atoms with van der Waals surface area (Å²) >= 11 is 0. The highest BCUT2D eigenvalue weighted by Gasteiger charge is 2.09. The van der Waals surface area contributed by atoms with Crippen molar-refractivity contribution in [2.24, 2.45) is 5.73 Å². The Morgan fingerprint density at radius 1 is 1.11 bits per heavy atom. The first-order valence-electron chi connectivity index (χ1n) is 6.49. The van der Waals surface area contributed by atoms with Gasteiger partial charge in [-0.3, -0.25) is 0 Å². The molecule has 0 bridgehead atoms. The third-order valence-corrected chi connectivity index (χ3v) is 3.33. The molecule has 0 amide bonds. The van der Waals surface area contributed by atoms with E-state index in [-0.39, 0.29) is 0 Å². The van der Waals surface area contributed by atoms with Crippen LogP contribution in [0.5, 0.6) is 0 Å². The van der Waals surface area contributed by atoms with Crippen molar-refractivity contribution in [3.05, 3.63) is 66.0 Å². The largest absolute Gasteiger partial charge is 0.361 e. The number of hydrogen-bond acceptors (Lipinski definition) is 2. The highest BCUT2D eigenvalue weighted by Crippen LogP contribution is 2.26. The second-order valence-electron chi connectivity index (χ2n) is 4.55. The van der Waals surface area contributed by atoms with E-state index >= 15 is 0 Å². The molecule has 3 nitrogen and oxygen atoms in total. The Bertz CT molecular complexity index is 674. The van der Waals surface area contributed by atoms with Gasteiger partial charge in [-0.15, -0.1) is 0 Å². The topological polar surface area (TPSA) is 53.8 Å². The van der Waals surface area contributed by atoms with Crippen LogP contribution in [0.15, 0.2) is 54.9 Å². The summed E-state index contributed by atoms with van der Waals surface area (Å²) in [6, 6.07) is 6.35. The van der Waals surface area contributed by atoms with E-state index in [1.54, 1.807) is 0 Å². The van der Waals surface area contributed by atoms with Gasteiger partial charge in [0, 0.05) is 29.0 Å². The summed E-state index contributed by atoms with van der Waals surface area (Å²) in [4.78, 5) is 3.37. The first-order chi connectivity index (χ1) is 9.40. The van der Waals surface area contributed by atoms with Crippen molar-refractivity contribution in [1.29, 1.82) is 0 Å². The molecule has 1 aromatic carbocycles. The molecule has 0 saturated carbocycles. The number of nitrogens with one attached hydrogen (secondary N) is 2. The van der Waals surface area contributed by atoms with Gasteiger partial charge in [0.05, 0.1) is 5.52 Å². The molecule has 1 aromatic heterocycles. The Balaban J connectivity index is 2.11. The summed E-state index contributed by atoms with van der Waals surface area (Å²) in [5, 5.41) is 4.56. The second kappa shape index (κ2) is 5.16. The van der Waals surface area contributed by atoms with Crippen LogP contribution in [0.1, 0.15) is 11.1 Å². The van der Waals surface area contributed by atoms with Crippen molar-refractivity contribution < 1.29 is 0 Å². The molecule has 0 aliphatic carbocycles. The lowest BCUT2D eigenvalue weighted by Crippen LogP contribution is -2.03. The SMILES string of the molecule is NCCc1c[nH]c2c(C3=CC=CC=CN3)cccc12. The molecule has 96 valence electrons. The molecule has 4 N–H and O–H groups in total. The normalized spacial score (nSPS) is 14.3. The molecule has 3 rings (SSSR count). The Labute approximate surface area is 112 Å². The number of benzene rings is 1. The number of para-hydroxylation sites is 1. The van der Waals surface area contributed by atoms with Gasteiger partial charge < -0.3 is 16.0 Å². The third-order valence-electron chi connectivity index (χ3n) is 3.33. The fraction of sp³-hybridized carbons (Fsp3) is 0.125. The van der Waals surface area contributed by atoms with Crippen molar-refractivity contribution in [3.8, 4) is 0 Å². The third kappa shape index (κ3) is 2.20. The van der Waals surface area contributed by atoms with Crippen LogP contribution >= 0.6 is 0 Å². The van der Waals surface area contributed by atoms with Gasteiger partial charge >= 0.3 is 0 Å². The predicted molar refractivity (Wildman–Crippen MR) is 80.4 cm³/mol. The molecule has 19 heavy (non-hydrogen) atoms. The smallest absolute Gasteiger partial charge is 0.0551 e. The van der Waals surface area contributed by atoms with Gasteiger partial charge in [-0.05, 0) is 30.7 Å². The van der Waals surface area contributed by atoms with Gasteiger partial charge in [0.15, 0.2) is 0 Å². The molecule has 0 atom stereocenters. The summed E-state index contributed by atoms with van der Waals surface area (Å²) in [5.41, 5.74) is 10.4. The van der Waals surface area contributed by atoms with Crippen molar-refractivity contribution in [2.75, 3.05) is 6.54 Å². The molecular weight excluding hydrogens is 234 g/mol. The van der Waals surface area contributed by atoms with E-state index in [4.69, 9.17) is 5.73 Å². The molecule has 2 heterocycles. The van der Waals surface area contributed by atoms with Crippen LogP contribution in [0.3, 0.4) is 0 Å². The summed E-state index contributed by atoms with van der Waals surface area (Å²) in [7, 11) is 0. The number of hydrogen-bond donors (Lipinski definition) is 3. The van der Waals surface area contributed by atoms with E-state index in [1.165, 1.54) is 16.5 Å². The standard InChI is InChI=1S/C16H17N3/c17-9-8-12-11-19-16-13(12)5-4-6-14(16)15-7-2-1-3-10-18-15/h1-7,10-11,18-19H,8-9,17H2. The second-order valence-corrected chi connectivity index (χ2v) is 4.55. The molecule has 2 aromatic rings. The van der Waals surface area contributed by atoms with Gasteiger partial charge in [0.25, 0.3) is 0 Å². The van der Waals surface area contributed by atoms with Crippen LogP contribution in [-0.2, 0) is 6.42 Å². The zero-order valence-electron chi connectivity index (χ0n) is 10.7. The van der Waals surface area contributed by atoms with E-state index < -0.39 is 0 Å². The average Bonchev–Trinajstić information content (AvgIpc) is 2.68. The van der Waals surface area contributed by atoms with Crippen LogP contribution < -0.4 is 11.1 Å². The number of nitrogens with two attached hydrogens (primary N) is 1. The maximum absolute atomic E-state index is 5.66. The maximum Gasteiger partial charge on any atom is 0.0551 e. The summed E-state index contributed by atoms with van der Waals surface area (Å²) < 4.78 is 0. The molecule has 0 saturated heterocycles. The average molecular weight is 251 g/mol. The highest BCUT2D eigenvalue weighted by atomic mass is 14.9. The molecule has 0 unspecified atom stereocenters. The monoisotopic (exact) mass is 251 g/mol.